The molecule has 124 valence electrons. The molecule has 0 bridgehead atoms. The van der Waals surface area contributed by atoms with Gasteiger partial charge in [0.25, 0.3) is 0 Å². The van der Waals surface area contributed by atoms with Crippen LogP contribution in [0, 0.1) is 13.8 Å². The lowest BCUT2D eigenvalue weighted by molar-refractivity contribution is -0.132. The van der Waals surface area contributed by atoms with Crippen LogP contribution in [0.1, 0.15) is 48.8 Å². The normalized spacial score (nSPS) is 18.3. The van der Waals surface area contributed by atoms with Crippen LogP contribution in [0.4, 0.5) is 0 Å². The molecule has 3 rings (SSSR count). The zero-order valence-electron chi connectivity index (χ0n) is 14.0. The third-order valence-electron chi connectivity index (χ3n) is 4.63. The molecule has 1 saturated heterocycles. The molecule has 1 aliphatic heterocycles. The minimum absolute atomic E-state index is 0.264. The molecule has 1 aliphatic rings. The first kappa shape index (κ1) is 15.8. The fourth-order valence-corrected chi connectivity index (χ4v) is 3.29. The van der Waals surface area contributed by atoms with E-state index in [1.807, 2.05) is 24.9 Å². The summed E-state index contributed by atoms with van der Waals surface area (Å²) in [6.45, 7) is 6.53. The SMILES string of the molecule is Cc1cc([C@@H]2CCCN(C(=O)CCCn3ccnc3C)C2)n[nH]1. The molecule has 1 atom stereocenters. The number of imidazole rings is 1. The minimum atomic E-state index is 0.264. The number of rotatable bonds is 5. The van der Waals surface area contributed by atoms with Crippen molar-refractivity contribution >= 4 is 5.91 Å². The second kappa shape index (κ2) is 6.98. The summed E-state index contributed by atoms with van der Waals surface area (Å²) >= 11 is 0. The molecule has 6 heteroatoms. The van der Waals surface area contributed by atoms with E-state index in [2.05, 4.69) is 25.8 Å². The molecule has 0 saturated carbocycles. The Kier molecular flexibility index (Phi) is 4.79. The van der Waals surface area contributed by atoms with Crippen molar-refractivity contribution in [2.75, 3.05) is 13.1 Å². The van der Waals surface area contributed by atoms with Crippen molar-refractivity contribution < 1.29 is 4.79 Å². The Morgan fingerprint density at radius 3 is 3.00 bits per heavy atom. The van der Waals surface area contributed by atoms with Crippen LogP contribution >= 0.6 is 0 Å². The lowest BCUT2D eigenvalue weighted by Crippen LogP contribution is -2.39. The molecule has 0 aromatic carbocycles. The number of amides is 1. The second-order valence-electron chi connectivity index (χ2n) is 6.43. The van der Waals surface area contributed by atoms with Crippen molar-refractivity contribution in [2.45, 2.75) is 52.0 Å². The highest BCUT2D eigenvalue weighted by Gasteiger charge is 2.25. The molecule has 1 amide bonds. The van der Waals surface area contributed by atoms with Crippen LogP contribution in [0.3, 0.4) is 0 Å². The molecular weight excluding hydrogens is 290 g/mol. The molecule has 23 heavy (non-hydrogen) atoms. The maximum Gasteiger partial charge on any atom is 0.222 e. The lowest BCUT2D eigenvalue weighted by Gasteiger charge is -2.32. The van der Waals surface area contributed by atoms with Gasteiger partial charge in [-0.05, 0) is 39.2 Å². The Labute approximate surface area is 136 Å². The van der Waals surface area contributed by atoms with Gasteiger partial charge in [0, 0.05) is 50.1 Å². The van der Waals surface area contributed by atoms with Gasteiger partial charge in [-0.2, -0.15) is 5.10 Å². The van der Waals surface area contributed by atoms with Crippen LogP contribution in [0.2, 0.25) is 0 Å². The number of H-pyrrole nitrogens is 1. The first-order valence-electron chi connectivity index (χ1n) is 8.41. The van der Waals surface area contributed by atoms with Crippen molar-refractivity contribution in [1.82, 2.24) is 24.6 Å². The predicted molar refractivity (Wildman–Crippen MR) is 88.1 cm³/mol. The van der Waals surface area contributed by atoms with E-state index in [-0.39, 0.29) is 5.91 Å². The number of aryl methyl sites for hydroxylation is 3. The fraction of sp³-hybridized carbons (Fsp3) is 0.588. The summed E-state index contributed by atoms with van der Waals surface area (Å²) in [6, 6.07) is 2.10. The summed E-state index contributed by atoms with van der Waals surface area (Å²) in [5.41, 5.74) is 2.17. The number of nitrogens with zero attached hydrogens (tertiary/aromatic N) is 4. The molecule has 0 unspecified atom stereocenters. The first-order valence-corrected chi connectivity index (χ1v) is 8.41. The molecule has 1 fully saturated rings. The molecular formula is C17H25N5O. The lowest BCUT2D eigenvalue weighted by atomic mass is 9.94. The van der Waals surface area contributed by atoms with E-state index in [1.165, 1.54) is 0 Å². The Bertz CT molecular complexity index is 659. The summed E-state index contributed by atoms with van der Waals surface area (Å²) in [6.07, 6.45) is 7.41. The summed E-state index contributed by atoms with van der Waals surface area (Å²) in [7, 11) is 0. The van der Waals surface area contributed by atoms with Gasteiger partial charge in [-0.15, -0.1) is 0 Å². The van der Waals surface area contributed by atoms with E-state index >= 15 is 0 Å². The molecule has 6 nitrogen and oxygen atoms in total. The van der Waals surface area contributed by atoms with Crippen molar-refractivity contribution in [3.63, 3.8) is 0 Å². The van der Waals surface area contributed by atoms with Crippen molar-refractivity contribution in [1.29, 1.82) is 0 Å². The topological polar surface area (TPSA) is 66.8 Å². The Hall–Kier alpha value is -2.11. The molecule has 2 aromatic heterocycles. The van der Waals surface area contributed by atoms with Crippen molar-refractivity contribution in [2.24, 2.45) is 0 Å². The average Bonchev–Trinajstić information content (AvgIpc) is 3.16. The van der Waals surface area contributed by atoms with E-state index < -0.39 is 0 Å². The van der Waals surface area contributed by atoms with Crippen LogP contribution in [-0.4, -0.2) is 43.6 Å². The van der Waals surface area contributed by atoms with Crippen LogP contribution in [0.15, 0.2) is 18.5 Å². The van der Waals surface area contributed by atoms with Gasteiger partial charge in [0.1, 0.15) is 5.82 Å². The molecule has 2 aromatic rings. The van der Waals surface area contributed by atoms with Gasteiger partial charge in [0.15, 0.2) is 0 Å². The highest BCUT2D eigenvalue weighted by molar-refractivity contribution is 5.76. The Balaban J connectivity index is 1.50. The van der Waals surface area contributed by atoms with Gasteiger partial charge in [-0.1, -0.05) is 0 Å². The van der Waals surface area contributed by atoms with E-state index in [9.17, 15) is 4.79 Å². The van der Waals surface area contributed by atoms with Crippen molar-refractivity contribution in [3.8, 4) is 0 Å². The molecule has 0 radical (unpaired) electrons. The molecule has 0 spiro atoms. The Morgan fingerprint density at radius 2 is 2.30 bits per heavy atom. The van der Waals surface area contributed by atoms with Gasteiger partial charge >= 0.3 is 0 Å². The van der Waals surface area contributed by atoms with Gasteiger partial charge in [-0.25, -0.2) is 4.98 Å². The van der Waals surface area contributed by atoms with Crippen molar-refractivity contribution in [3.05, 3.63) is 35.7 Å². The number of nitrogens with one attached hydrogen (secondary N) is 1. The number of hydrogen-bond acceptors (Lipinski definition) is 3. The van der Waals surface area contributed by atoms with E-state index in [0.717, 1.165) is 56.1 Å². The molecule has 1 N–H and O–H groups in total. The van der Waals surface area contributed by atoms with Gasteiger partial charge in [0.05, 0.1) is 5.69 Å². The summed E-state index contributed by atoms with van der Waals surface area (Å²) in [5, 5.41) is 7.37. The summed E-state index contributed by atoms with van der Waals surface area (Å²) in [4.78, 5) is 18.7. The number of likely N-dealkylation sites (tertiary alicyclic amines) is 1. The number of aromatic amines is 1. The number of aromatic nitrogens is 4. The second-order valence-corrected chi connectivity index (χ2v) is 6.43. The maximum absolute atomic E-state index is 12.5. The van der Waals surface area contributed by atoms with Gasteiger partial charge in [-0.3, -0.25) is 9.89 Å². The Morgan fingerprint density at radius 1 is 1.43 bits per heavy atom. The monoisotopic (exact) mass is 315 g/mol. The number of carbonyl (C=O) groups is 1. The van der Waals surface area contributed by atoms with E-state index in [0.29, 0.717) is 12.3 Å². The third-order valence-corrected chi connectivity index (χ3v) is 4.63. The van der Waals surface area contributed by atoms with Crippen LogP contribution < -0.4 is 0 Å². The zero-order valence-corrected chi connectivity index (χ0v) is 14.0. The predicted octanol–water partition coefficient (Wildman–Crippen LogP) is 2.41. The highest BCUT2D eigenvalue weighted by atomic mass is 16.2. The van der Waals surface area contributed by atoms with E-state index in [4.69, 9.17) is 0 Å². The van der Waals surface area contributed by atoms with Gasteiger partial charge < -0.3 is 9.47 Å². The molecule has 3 heterocycles. The fourth-order valence-electron chi connectivity index (χ4n) is 3.29. The summed E-state index contributed by atoms with van der Waals surface area (Å²) < 4.78 is 2.10. The zero-order chi connectivity index (χ0) is 16.2. The quantitative estimate of drug-likeness (QED) is 0.921. The number of piperidine rings is 1. The van der Waals surface area contributed by atoms with E-state index in [1.54, 1.807) is 6.20 Å². The minimum Gasteiger partial charge on any atom is -0.342 e. The smallest absolute Gasteiger partial charge is 0.222 e. The van der Waals surface area contributed by atoms with Crippen LogP contribution in [0.25, 0.3) is 0 Å². The van der Waals surface area contributed by atoms with Gasteiger partial charge in [0.2, 0.25) is 5.91 Å². The largest absolute Gasteiger partial charge is 0.342 e. The summed E-state index contributed by atoms with van der Waals surface area (Å²) in [5.74, 6) is 1.64. The standard InChI is InChI=1S/C17H25N5O/c1-13-11-16(20-19-13)15-5-3-9-22(12-15)17(23)6-4-8-21-10-7-18-14(21)2/h7,10-11,15H,3-6,8-9,12H2,1-2H3,(H,19,20)/t15-/m1/s1. The van der Waals surface area contributed by atoms with Crippen LogP contribution in [-0.2, 0) is 11.3 Å². The maximum atomic E-state index is 12.5. The first-order chi connectivity index (χ1) is 11.1. The van der Waals surface area contributed by atoms with Crippen LogP contribution in [0.5, 0.6) is 0 Å². The molecule has 0 aliphatic carbocycles. The number of hydrogen-bond donors (Lipinski definition) is 1. The highest BCUT2D eigenvalue weighted by Crippen LogP contribution is 2.26. The third kappa shape index (κ3) is 3.81. The average molecular weight is 315 g/mol. The number of carbonyl (C=O) groups excluding carboxylic acids is 1.